The zero-order chi connectivity index (χ0) is 17.0. The minimum absolute atomic E-state index is 0.0306. The number of alkyl halides is 2. The maximum absolute atomic E-state index is 12.4. The van der Waals surface area contributed by atoms with Crippen molar-refractivity contribution in [2.75, 3.05) is 0 Å². The average molecular weight is 388 g/mol. The summed E-state index contributed by atoms with van der Waals surface area (Å²) in [6.07, 6.45) is 0. The number of carbonyl (C=O) groups excluding carboxylic acids is 1. The molecule has 0 aliphatic heterocycles. The Labute approximate surface area is 138 Å². The summed E-state index contributed by atoms with van der Waals surface area (Å²) >= 11 is 3.23. The lowest BCUT2D eigenvalue weighted by atomic mass is 10.2. The van der Waals surface area contributed by atoms with E-state index in [1.54, 1.807) is 12.1 Å². The zero-order valence-electron chi connectivity index (χ0n) is 11.9. The fraction of sp³-hybridized carbons (Fsp3) is 0.214. The van der Waals surface area contributed by atoms with Crippen LogP contribution in [0.4, 0.5) is 8.78 Å². The van der Waals surface area contributed by atoms with Gasteiger partial charge in [0.15, 0.2) is 0 Å². The predicted molar refractivity (Wildman–Crippen MR) is 81.4 cm³/mol. The van der Waals surface area contributed by atoms with Crippen molar-refractivity contribution in [1.82, 2.24) is 15.1 Å². The van der Waals surface area contributed by atoms with Crippen LogP contribution in [0.15, 0.2) is 39.6 Å². The number of amides is 1. The summed E-state index contributed by atoms with van der Waals surface area (Å²) in [5.74, 6) is -0.569. The van der Waals surface area contributed by atoms with Crippen molar-refractivity contribution in [3.63, 3.8) is 0 Å². The summed E-state index contributed by atoms with van der Waals surface area (Å²) in [6, 6.07) is 6.99. The topological polar surface area (TPSA) is 73.2 Å². The Morgan fingerprint density at radius 2 is 2.13 bits per heavy atom. The summed E-state index contributed by atoms with van der Waals surface area (Å²) in [7, 11) is 1.42. The number of rotatable bonds is 5. The number of aryl methyl sites for hydroxylation is 1. The van der Waals surface area contributed by atoms with E-state index in [-0.39, 0.29) is 23.5 Å². The molecule has 23 heavy (non-hydrogen) atoms. The van der Waals surface area contributed by atoms with E-state index in [9.17, 15) is 18.4 Å². The van der Waals surface area contributed by atoms with Crippen molar-refractivity contribution in [1.29, 1.82) is 0 Å². The second-order valence-corrected chi connectivity index (χ2v) is 5.41. The minimum Gasteiger partial charge on any atom is -0.434 e. The second kappa shape index (κ2) is 7.32. The van der Waals surface area contributed by atoms with Gasteiger partial charge in [0.25, 0.3) is 11.5 Å². The van der Waals surface area contributed by atoms with Crippen molar-refractivity contribution in [3.05, 3.63) is 56.4 Å². The van der Waals surface area contributed by atoms with E-state index in [0.29, 0.717) is 10.0 Å². The highest BCUT2D eigenvalue weighted by molar-refractivity contribution is 9.10. The number of nitrogens with one attached hydrogen (secondary N) is 1. The molecular formula is C14H12BrF2N3O3. The smallest absolute Gasteiger partial charge is 0.387 e. The molecule has 0 aliphatic rings. The van der Waals surface area contributed by atoms with Crippen LogP contribution in [0.3, 0.4) is 0 Å². The Bertz CT molecular complexity index is 780. The van der Waals surface area contributed by atoms with Gasteiger partial charge < -0.3 is 10.1 Å². The van der Waals surface area contributed by atoms with Gasteiger partial charge in [-0.1, -0.05) is 15.9 Å². The molecule has 0 radical (unpaired) electrons. The van der Waals surface area contributed by atoms with Gasteiger partial charge in [-0.2, -0.15) is 13.9 Å². The van der Waals surface area contributed by atoms with Gasteiger partial charge in [-0.3, -0.25) is 9.59 Å². The van der Waals surface area contributed by atoms with E-state index >= 15 is 0 Å². The molecule has 6 nitrogen and oxygen atoms in total. The molecule has 1 aromatic heterocycles. The SMILES string of the molecule is Cn1nc(C(=O)NCc2cc(Br)ccc2OC(F)F)ccc1=O. The predicted octanol–water partition coefficient (Wildman–Crippen LogP) is 2.07. The van der Waals surface area contributed by atoms with Crippen molar-refractivity contribution in [2.24, 2.45) is 7.05 Å². The van der Waals surface area contributed by atoms with Crippen LogP contribution in [0.25, 0.3) is 0 Å². The van der Waals surface area contributed by atoms with Crippen LogP contribution in [0, 0.1) is 0 Å². The van der Waals surface area contributed by atoms with Crippen molar-refractivity contribution in [2.45, 2.75) is 13.2 Å². The van der Waals surface area contributed by atoms with E-state index in [1.165, 1.54) is 25.2 Å². The first-order chi connectivity index (χ1) is 10.9. The summed E-state index contributed by atoms with van der Waals surface area (Å²) in [5.41, 5.74) is 0.0671. The van der Waals surface area contributed by atoms with Crippen molar-refractivity contribution in [3.8, 4) is 5.75 Å². The first-order valence-corrected chi connectivity index (χ1v) is 7.22. The molecule has 1 aromatic carbocycles. The lowest BCUT2D eigenvalue weighted by molar-refractivity contribution is -0.0504. The average Bonchev–Trinajstić information content (AvgIpc) is 2.49. The van der Waals surface area contributed by atoms with E-state index in [2.05, 4.69) is 31.1 Å². The number of ether oxygens (including phenoxy) is 1. The Morgan fingerprint density at radius 1 is 1.39 bits per heavy atom. The molecule has 122 valence electrons. The lowest BCUT2D eigenvalue weighted by Crippen LogP contribution is -2.28. The molecule has 0 unspecified atom stereocenters. The fourth-order valence-corrected chi connectivity index (χ4v) is 2.20. The molecule has 9 heteroatoms. The number of hydrogen-bond acceptors (Lipinski definition) is 4. The van der Waals surface area contributed by atoms with Gasteiger partial charge in [-0.05, 0) is 24.3 Å². The Hall–Kier alpha value is -2.29. The van der Waals surface area contributed by atoms with Crippen LogP contribution in [0.5, 0.6) is 5.75 Å². The Kier molecular flexibility index (Phi) is 5.43. The maximum atomic E-state index is 12.4. The highest BCUT2D eigenvalue weighted by Gasteiger charge is 2.13. The molecule has 1 amide bonds. The molecular weight excluding hydrogens is 376 g/mol. The third-order valence-corrected chi connectivity index (χ3v) is 3.36. The van der Waals surface area contributed by atoms with Gasteiger partial charge in [-0.25, -0.2) is 4.68 Å². The number of benzene rings is 1. The van der Waals surface area contributed by atoms with E-state index < -0.39 is 12.5 Å². The second-order valence-electron chi connectivity index (χ2n) is 4.49. The van der Waals surface area contributed by atoms with E-state index in [1.807, 2.05) is 0 Å². The molecule has 0 saturated carbocycles. The monoisotopic (exact) mass is 387 g/mol. The number of hydrogen-bond donors (Lipinski definition) is 1. The molecule has 0 bridgehead atoms. The summed E-state index contributed by atoms with van der Waals surface area (Å²) in [4.78, 5) is 23.2. The molecule has 2 rings (SSSR count). The molecule has 1 N–H and O–H groups in total. The molecule has 0 fully saturated rings. The largest absolute Gasteiger partial charge is 0.434 e. The van der Waals surface area contributed by atoms with Gasteiger partial charge in [0, 0.05) is 29.7 Å². The highest BCUT2D eigenvalue weighted by atomic mass is 79.9. The number of nitrogens with zero attached hydrogens (tertiary/aromatic N) is 2. The standard InChI is InChI=1S/C14H12BrF2N3O3/c1-20-12(21)5-3-10(19-20)13(22)18-7-8-6-9(15)2-4-11(8)23-14(16)17/h2-6,14H,7H2,1H3,(H,18,22). The lowest BCUT2D eigenvalue weighted by Gasteiger charge is -2.12. The molecule has 0 atom stereocenters. The van der Waals surface area contributed by atoms with Crippen LogP contribution in [0.2, 0.25) is 0 Å². The molecule has 1 heterocycles. The van der Waals surface area contributed by atoms with Crippen LogP contribution < -0.4 is 15.6 Å². The van der Waals surface area contributed by atoms with E-state index in [4.69, 9.17) is 0 Å². The van der Waals surface area contributed by atoms with Crippen LogP contribution in [-0.2, 0) is 13.6 Å². The van der Waals surface area contributed by atoms with Crippen molar-refractivity contribution < 1.29 is 18.3 Å². The first kappa shape index (κ1) is 17.1. The molecule has 2 aromatic rings. The number of carbonyl (C=O) groups is 1. The Morgan fingerprint density at radius 3 is 2.78 bits per heavy atom. The van der Waals surface area contributed by atoms with Crippen molar-refractivity contribution >= 4 is 21.8 Å². The minimum atomic E-state index is -2.96. The summed E-state index contributed by atoms with van der Waals surface area (Å²) < 4.78 is 30.9. The van der Waals surface area contributed by atoms with Crippen LogP contribution in [0.1, 0.15) is 16.1 Å². The summed E-state index contributed by atoms with van der Waals surface area (Å²) in [5, 5.41) is 6.35. The van der Waals surface area contributed by atoms with Gasteiger partial charge >= 0.3 is 6.61 Å². The van der Waals surface area contributed by atoms with Gasteiger partial charge in [0.1, 0.15) is 11.4 Å². The molecule has 0 saturated heterocycles. The quantitative estimate of drug-likeness (QED) is 0.852. The number of aromatic nitrogens is 2. The van der Waals surface area contributed by atoms with Gasteiger partial charge in [-0.15, -0.1) is 0 Å². The third-order valence-electron chi connectivity index (χ3n) is 2.87. The highest BCUT2D eigenvalue weighted by Crippen LogP contribution is 2.24. The summed E-state index contributed by atoms with van der Waals surface area (Å²) in [6.45, 7) is -3.00. The molecule has 0 aliphatic carbocycles. The van der Waals surface area contributed by atoms with E-state index in [0.717, 1.165) is 4.68 Å². The van der Waals surface area contributed by atoms with Crippen LogP contribution in [-0.4, -0.2) is 22.3 Å². The zero-order valence-corrected chi connectivity index (χ0v) is 13.5. The third kappa shape index (κ3) is 4.59. The Balaban J connectivity index is 2.13. The van der Waals surface area contributed by atoms with Crippen LogP contribution >= 0.6 is 15.9 Å². The fourth-order valence-electron chi connectivity index (χ4n) is 1.79. The van der Waals surface area contributed by atoms with Gasteiger partial charge in [0.05, 0.1) is 0 Å². The number of halogens is 3. The normalized spacial score (nSPS) is 10.7. The first-order valence-electron chi connectivity index (χ1n) is 6.42. The maximum Gasteiger partial charge on any atom is 0.387 e. The molecule has 0 spiro atoms. The van der Waals surface area contributed by atoms with Gasteiger partial charge in [0.2, 0.25) is 0 Å².